The molecule has 2 aromatic rings. The Morgan fingerprint density at radius 2 is 1.72 bits per heavy atom. The number of benzene rings is 2. The summed E-state index contributed by atoms with van der Waals surface area (Å²) in [6.45, 7) is 12.4. The smallest absolute Gasteiger partial charge is 0.227 e. The maximum atomic E-state index is 14.9. The number of halogens is 4. The standard InChI is InChI=1S/C30H37Cl2F2N3O2/c1-18-15-35(28(19(2)38)13-20-6-9-25(31)26(32)12-20)10-11-37(18)29(39)24-17-36(30(3,4)5)16-23(24)22-8-7-21(33)14-27(22)34/h6-9,12,14,18,23-24,28H,10-11,13,15-17H2,1-5H3/t18-,23-,24+,28-/m0/s1. The van der Waals surface area contributed by atoms with Gasteiger partial charge < -0.3 is 4.90 Å². The minimum Gasteiger partial charge on any atom is -0.337 e. The third kappa shape index (κ3) is 6.64. The topological polar surface area (TPSA) is 43.9 Å². The van der Waals surface area contributed by atoms with E-state index in [4.69, 9.17) is 23.2 Å². The van der Waals surface area contributed by atoms with E-state index in [9.17, 15) is 18.4 Å². The maximum absolute atomic E-state index is 14.9. The molecule has 4 atom stereocenters. The first-order valence-electron chi connectivity index (χ1n) is 13.4. The molecule has 2 saturated heterocycles. The molecule has 2 aliphatic rings. The summed E-state index contributed by atoms with van der Waals surface area (Å²) in [6.07, 6.45) is 0.502. The van der Waals surface area contributed by atoms with Gasteiger partial charge in [0.25, 0.3) is 0 Å². The largest absolute Gasteiger partial charge is 0.337 e. The van der Waals surface area contributed by atoms with Gasteiger partial charge in [-0.2, -0.15) is 0 Å². The number of likely N-dealkylation sites (tertiary alicyclic amines) is 1. The van der Waals surface area contributed by atoms with E-state index in [2.05, 4.69) is 30.6 Å². The zero-order valence-electron chi connectivity index (χ0n) is 23.2. The van der Waals surface area contributed by atoms with Crippen LogP contribution in [-0.4, -0.2) is 76.7 Å². The normalized spacial score (nSPS) is 23.7. The van der Waals surface area contributed by atoms with E-state index in [0.717, 1.165) is 11.6 Å². The van der Waals surface area contributed by atoms with Crippen molar-refractivity contribution in [3.8, 4) is 0 Å². The number of piperazine rings is 1. The van der Waals surface area contributed by atoms with Crippen LogP contribution in [0.3, 0.4) is 0 Å². The lowest BCUT2D eigenvalue weighted by Crippen LogP contribution is -2.59. The van der Waals surface area contributed by atoms with Crippen molar-refractivity contribution in [3.05, 3.63) is 69.2 Å². The Morgan fingerprint density at radius 1 is 1.00 bits per heavy atom. The van der Waals surface area contributed by atoms with Crippen LogP contribution >= 0.6 is 23.2 Å². The van der Waals surface area contributed by atoms with Crippen LogP contribution in [0.15, 0.2) is 36.4 Å². The van der Waals surface area contributed by atoms with Gasteiger partial charge in [-0.15, -0.1) is 0 Å². The van der Waals surface area contributed by atoms with Gasteiger partial charge >= 0.3 is 0 Å². The molecule has 0 N–H and O–H groups in total. The van der Waals surface area contributed by atoms with Gasteiger partial charge in [-0.1, -0.05) is 35.3 Å². The molecule has 0 bridgehead atoms. The highest BCUT2D eigenvalue weighted by molar-refractivity contribution is 6.42. The van der Waals surface area contributed by atoms with Crippen molar-refractivity contribution in [3.63, 3.8) is 0 Å². The average molecular weight is 581 g/mol. The predicted molar refractivity (Wildman–Crippen MR) is 151 cm³/mol. The van der Waals surface area contributed by atoms with E-state index in [0.29, 0.717) is 54.8 Å². The second-order valence-electron chi connectivity index (χ2n) is 11.9. The predicted octanol–water partition coefficient (Wildman–Crippen LogP) is 5.82. The van der Waals surface area contributed by atoms with Crippen LogP contribution in [0.2, 0.25) is 10.0 Å². The van der Waals surface area contributed by atoms with E-state index in [1.807, 2.05) is 17.9 Å². The molecule has 0 aliphatic carbocycles. The van der Waals surface area contributed by atoms with Gasteiger partial charge in [-0.05, 0) is 70.4 Å². The van der Waals surface area contributed by atoms with E-state index in [1.54, 1.807) is 19.1 Å². The molecule has 2 aliphatic heterocycles. The van der Waals surface area contributed by atoms with E-state index >= 15 is 0 Å². The minimum atomic E-state index is -0.629. The lowest BCUT2D eigenvalue weighted by molar-refractivity contribution is -0.141. The van der Waals surface area contributed by atoms with E-state index < -0.39 is 17.6 Å². The molecule has 0 unspecified atom stereocenters. The summed E-state index contributed by atoms with van der Waals surface area (Å²) in [5.41, 5.74) is 1.10. The molecule has 5 nitrogen and oxygen atoms in total. The molecule has 0 saturated carbocycles. The Labute approximate surface area is 240 Å². The average Bonchev–Trinajstić information content (AvgIpc) is 3.30. The number of Topliss-reactive ketones (excluding diaryl/α,β-unsaturated/α-hetero) is 1. The molecule has 0 spiro atoms. The van der Waals surface area contributed by atoms with Gasteiger partial charge in [0.05, 0.1) is 22.0 Å². The zero-order valence-corrected chi connectivity index (χ0v) is 24.7. The fourth-order valence-corrected chi connectivity index (χ4v) is 6.27. The molecule has 1 amide bonds. The van der Waals surface area contributed by atoms with Crippen molar-refractivity contribution in [1.29, 1.82) is 0 Å². The number of carbonyl (C=O) groups is 2. The second kappa shape index (κ2) is 11.8. The Hall–Kier alpha value is -2.06. The highest BCUT2D eigenvalue weighted by Crippen LogP contribution is 2.39. The quantitative estimate of drug-likeness (QED) is 0.432. The highest BCUT2D eigenvalue weighted by Gasteiger charge is 2.46. The van der Waals surface area contributed by atoms with Gasteiger partial charge in [0.1, 0.15) is 17.4 Å². The minimum absolute atomic E-state index is 0.0218. The number of ketones is 1. The summed E-state index contributed by atoms with van der Waals surface area (Å²) in [6, 6.07) is 8.56. The van der Waals surface area contributed by atoms with Gasteiger partial charge in [0, 0.05) is 56.3 Å². The molecule has 0 radical (unpaired) electrons. The summed E-state index contributed by atoms with van der Waals surface area (Å²) < 4.78 is 28.6. The summed E-state index contributed by atoms with van der Waals surface area (Å²) in [5, 5.41) is 0.921. The van der Waals surface area contributed by atoms with Crippen molar-refractivity contribution in [2.75, 3.05) is 32.7 Å². The number of rotatable bonds is 6. The first kappa shape index (κ1) is 29.9. The van der Waals surface area contributed by atoms with E-state index in [1.165, 1.54) is 12.1 Å². The Morgan fingerprint density at radius 3 is 2.31 bits per heavy atom. The third-order valence-electron chi connectivity index (χ3n) is 8.21. The van der Waals surface area contributed by atoms with Crippen molar-refractivity contribution in [2.24, 2.45) is 5.92 Å². The van der Waals surface area contributed by atoms with Gasteiger partial charge in [-0.25, -0.2) is 8.78 Å². The van der Waals surface area contributed by atoms with Crippen LogP contribution in [0, 0.1) is 17.6 Å². The van der Waals surface area contributed by atoms with Crippen molar-refractivity contribution < 1.29 is 18.4 Å². The fourth-order valence-electron chi connectivity index (χ4n) is 5.95. The number of carbonyl (C=O) groups excluding carboxylic acids is 2. The maximum Gasteiger partial charge on any atom is 0.227 e. The molecular formula is C30H37Cl2F2N3O2. The summed E-state index contributed by atoms with van der Waals surface area (Å²) in [4.78, 5) is 32.9. The van der Waals surface area contributed by atoms with Crippen LogP contribution in [0.4, 0.5) is 8.78 Å². The molecule has 39 heavy (non-hydrogen) atoms. The van der Waals surface area contributed by atoms with Crippen LogP contribution in [0.1, 0.15) is 51.7 Å². The number of amides is 1. The first-order valence-corrected chi connectivity index (χ1v) is 14.2. The summed E-state index contributed by atoms with van der Waals surface area (Å²) >= 11 is 12.3. The molecule has 212 valence electrons. The lowest BCUT2D eigenvalue weighted by atomic mass is 9.87. The van der Waals surface area contributed by atoms with Crippen molar-refractivity contribution >= 4 is 34.9 Å². The highest BCUT2D eigenvalue weighted by atomic mass is 35.5. The lowest BCUT2D eigenvalue weighted by Gasteiger charge is -2.44. The summed E-state index contributed by atoms with van der Waals surface area (Å²) in [5.74, 6) is -2.03. The van der Waals surface area contributed by atoms with Crippen LogP contribution in [0.5, 0.6) is 0 Å². The van der Waals surface area contributed by atoms with Gasteiger partial charge in [-0.3, -0.25) is 19.4 Å². The Kier molecular flexibility index (Phi) is 9.06. The molecule has 2 fully saturated rings. The van der Waals surface area contributed by atoms with Gasteiger partial charge in [0.15, 0.2) is 0 Å². The van der Waals surface area contributed by atoms with Crippen molar-refractivity contribution in [2.45, 2.75) is 64.6 Å². The number of nitrogens with zero attached hydrogens (tertiary/aromatic N) is 3. The molecule has 2 heterocycles. The van der Waals surface area contributed by atoms with Crippen molar-refractivity contribution in [1.82, 2.24) is 14.7 Å². The Balaban J connectivity index is 1.51. The fraction of sp³-hybridized carbons (Fsp3) is 0.533. The SMILES string of the molecule is CC(=O)[C@H](Cc1ccc(Cl)c(Cl)c1)N1CCN(C(=O)[C@@H]2CN(C(C)(C)C)C[C@H]2c2ccc(F)cc2F)[C@@H](C)C1. The molecule has 2 aromatic carbocycles. The molecule has 9 heteroatoms. The Bertz CT molecular complexity index is 1240. The second-order valence-corrected chi connectivity index (χ2v) is 12.7. The van der Waals surface area contributed by atoms with Gasteiger partial charge in [0.2, 0.25) is 5.91 Å². The monoisotopic (exact) mass is 579 g/mol. The molecule has 0 aromatic heterocycles. The number of hydrogen-bond donors (Lipinski definition) is 0. The third-order valence-corrected chi connectivity index (χ3v) is 8.95. The summed E-state index contributed by atoms with van der Waals surface area (Å²) in [7, 11) is 0. The zero-order chi connectivity index (χ0) is 28.6. The molecular weight excluding hydrogens is 543 g/mol. The van der Waals surface area contributed by atoms with E-state index in [-0.39, 0.29) is 35.2 Å². The van der Waals surface area contributed by atoms with Crippen LogP contribution < -0.4 is 0 Å². The van der Waals surface area contributed by atoms with Crippen LogP contribution in [0.25, 0.3) is 0 Å². The molecule has 4 rings (SSSR count). The number of hydrogen-bond acceptors (Lipinski definition) is 4. The first-order chi connectivity index (χ1) is 18.3. The van der Waals surface area contributed by atoms with Crippen LogP contribution in [-0.2, 0) is 16.0 Å².